The molecule has 0 aromatic carbocycles. The zero-order valence-corrected chi connectivity index (χ0v) is 13.4. The molecule has 1 fully saturated rings. The molecule has 0 saturated heterocycles. The Kier molecular flexibility index (Phi) is 4.64. The third-order valence-corrected chi connectivity index (χ3v) is 5.80. The fourth-order valence-corrected chi connectivity index (χ4v) is 3.85. The highest BCUT2D eigenvalue weighted by molar-refractivity contribution is 7.07. The van der Waals surface area contributed by atoms with Gasteiger partial charge in [0.2, 0.25) is 0 Å². The van der Waals surface area contributed by atoms with Crippen molar-refractivity contribution < 1.29 is 0 Å². The van der Waals surface area contributed by atoms with E-state index in [-0.39, 0.29) is 0 Å². The van der Waals surface area contributed by atoms with Crippen LogP contribution in [0, 0.1) is 17.3 Å². The monoisotopic (exact) mass is 281 g/mol. The SMILES string of the molecule is CC1C(N)CCC(CN(C)Cc2cscn2)C1(C)C. The molecule has 3 nitrogen and oxygen atoms in total. The van der Waals surface area contributed by atoms with Crippen molar-refractivity contribution in [3.05, 3.63) is 16.6 Å². The first-order valence-corrected chi connectivity index (χ1v) is 8.16. The number of hydrogen-bond acceptors (Lipinski definition) is 4. The van der Waals surface area contributed by atoms with E-state index in [4.69, 9.17) is 5.73 Å². The predicted octanol–water partition coefficient (Wildman–Crippen LogP) is 2.97. The van der Waals surface area contributed by atoms with Crippen molar-refractivity contribution in [3.63, 3.8) is 0 Å². The summed E-state index contributed by atoms with van der Waals surface area (Å²) < 4.78 is 0. The van der Waals surface area contributed by atoms with Gasteiger partial charge < -0.3 is 10.6 Å². The number of nitrogens with two attached hydrogens (primary N) is 1. The topological polar surface area (TPSA) is 42.1 Å². The van der Waals surface area contributed by atoms with Crippen molar-refractivity contribution in [2.45, 2.75) is 46.2 Å². The minimum atomic E-state index is 0.327. The molecule has 1 aromatic rings. The molecule has 3 atom stereocenters. The summed E-state index contributed by atoms with van der Waals surface area (Å²) in [4.78, 5) is 6.78. The molecule has 0 spiro atoms. The second kappa shape index (κ2) is 5.90. The number of thiazole rings is 1. The summed E-state index contributed by atoms with van der Waals surface area (Å²) in [7, 11) is 2.20. The zero-order chi connectivity index (χ0) is 14.0. The van der Waals surface area contributed by atoms with Crippen molar-refractivity contribution in [1.82, 2.24) is 9.88 Å². The Hall–Kier alpha value is -0.450. The molecular formula is C15H27N3S. The van der Waals surface area contributed by atoms with Crippen LogP contribution in [0.4, 0.5) is 0 Å². The first-order chi connectivity index (χ1) is 8.91. The highest BCUT2D eigenvalue weighted by atomic mass is 32.1. The van der Waals surface area contributed by atoms with Gasteiger partial charge in [-0.25, -0.2) is 4.98 Å². The molecule has 0 aliphatic heterocycles. The summed E-state index contributed by atoms with van der Waals surface area (Å²) in [6.07, 6.45) is 2.42. The van der Waals surface area contributed by atoms with Gasteiger partial charge in [-0.05, 0) is 37.1 Å². The molecule has 1 saturated carbocycles. The molecule has 4 heteroatoms. The summed E-state index contributed by atoms with van der Waals surface area (Å²) >= 11 is 1.67. The summed E-state index contributed by atoms with van der Waals surface area (Å²) in [5.41, 5.74) is 9.66. The van der Waals surface area contributed by atoms with Crippen molar-refractivity contribution >= 4 is 11.3 Å². The molecule has 0 radical (unpaired) electrons. The smallest absolute Gasteiger partial charge is 0.0795 e. The first-order valence-electron chi connectivity index (χ1n) is 7.22. The van der Waals surface area contributed by atoms with Gasteiger partial charge in [-0.3, -0.25) is 0 Å². The maximum absolute atomic E-state index is 6.23. The highest BCUT2D eigenvalue weighted by Crippen LogP contribution is 2.44. The fourth-order valence-electron chi connectivity index (χ4n) is 3.30. The van der Waals surface area contributed by atoms with Crippen LogP contribution in [-0.2, 0) is 6.54 Å². The molecule has 2 N–H and O–H groups in total. The van der Waals surface area contributed by atoms with Crippen LogP contribution < -0.4 is 5.73 Å². The van der Waals surface area contributed by atoms with Gasteiger partial charge in [-0.15, -0.1) is 11.3 Å². The third kappa shape index (κ3) is 3.36. The number of aromatic nitrogens is 1. The van der Waals surface area contributed by atoms with E-state index in [0.717, 1.165) is 19.0 Å². The molecule has 108 valence electrons. The van der Waals surface area contributed by atoms with Crippen LogP contribution in [0.15, 0.2) is 10.9 Å². The van der Waals surface area contributed by atoms with Gasteiger partial charge in [-0.1, -0.05) is 20.8 Å². The summed E-state index contributed by atoms with van der Waals surface area (Å²) in [5.74, 6) is 1.32. The van der Waals surface area contributed by atoms with Crippen LogP contribution in [-0.4, -0.2) is 29.5 Å². The number of hydrogen-bond donors (Lipinski definition) is 1. The Morgan fingerprint density at radius 1 is 1.47 bits per heavy atom. The number of nitrogens with zero attached hydrogens (tertiary/aromatic N) is 2. The second-order valence-corrected chi connectivity index (χ2v) is 7.44. The maximum atomic E-state index is 6.23. The minimum absolute atomic E-state index is 0.327. The van der Waals surface area contributed by atoms with Gasteiger partial charge in [-0.2, -0.15) is 0 Å². The molecule has 3 unspecified atom stereocenters. The number of rotatable bonds is 4. The Labute approximate surface area is 121 Å². The average Bonchev–Trinajstić information content (AvgIpc) is 2.83. The van der Waals surface area contributed by atoms with E-state index in [1.807, 2.05) is 5.51 Å². The van der Waals surface area contributed by atoms with Crippen LogP contribution in [0.5, 0.6) is 0 Å². The standard InChI is InChI=1S/C15H27N3S/c1-11-14(16)6-5-12(15(11,2)3)7-18(4)8-13-9-19-10-17-13/h9-12,14H,5-8,16H2,1-4H3. The van der Waals surface area contributed by atoms with Gasteiger partial charge in [0.15, 0.2) is 0 Å². The second-order valence-electron chi connectivity index (χ2n) is 6.72. The Bertz CT molecular complexity index is 388. The largest absolute Gasteiger partial charge is 0.327 e. The fraction of sp³-hybridized carbons (Fsp3) is 0.800. The minimum Gasteiger partial charge on any atom is -0.327 e. The zero-order valence-electron chi connectivity index (χ0n) is 12.6. The maximum Gasteiger partial charge on any atom is 0.0795 e. The highest BCUT2D eigenvalue weighted by Gasteiger charge is 2.41. The van der Waals surface area contributed by atoms with Gasteiger partial charge >= 0.3 is 0 Å². The van der Waals surface area contributed by atoms with E-state index in [1.165, 1.54) is 18.5 Å². The molecule has 0 amide bonds. The van der Waals surface area contributed by atoms with Crippen LogP contribution >= 0.6 is 11.3 Å². The van der Waals surface area contributed by atoms with E-state index in [0.29, 0.717) is 17.4 Å². The Morgan fingerprint density at radius 3 is 2.84 bits per heavy atom. The van der Waals surface area contributed by atoms with E-state index in [9.17, 15) is 0 Å². The molecular weight excluding hydrogens is 254 g/mol. The molecule has 19 heavy (non-hydrogen) atoms. The van der Waals surface area contributed by atoms with Crippen LogP contribution in [0.25, 0.3) is 0 Å². The van der Waals surface area contributed by atoms with Crippen LogP contribution in [0.2, 0.25) is 0 Å². The lowest BCUT2D eigenvalue weighted by Crippen LogP contribution is -2.49. The Balaban J connectivity index is 1.94. The van der Waals surface area contributed by atoms with E-state index < -0.39 is 0 Å². The van der Waals surface area contributed by atoms with E-state index in [2.05, 4.69) is 43.1 Å². The molecule has 1 aliphatic carbocycles. The first kappa shape index (κ1) is 14.9. The van der Waals surface area contributed by atoms with E-state index >= 15 is 0 Å². The van der Waals surface area contributed by atoms with E-state index in [1.54, 1.807) is 11.3 Å². The lowest BCUT2D eigenvalue weighted by molar-refractivity contribution is 0.0322. The van der Waals surface area contributed by atoms with Gasteiger partial charge in [0, 0.05) is 24.5 Å². The van der Waals surface area contributed by atoms with Crippen molar-refractivity contribution in [3.8, 4) is 0 Å². The normalized spacial score (nSPS) is 30.7. The molecule has 0 bridgehead atoms. The van der Waals surface area contributed by atoms with Gasteiger partial charge in [0.05, 0.1) is 11.2 Å². The van der Waals surface area contributed by atoms with Gasteiger partial charge in [0.25, 0.3) is 0 Å². The lowest BCUT2D eigenvalue weighted by Gasteiger charge is -2.48. The average molecular weight is 281 g/mol. The molecule has 1 aromatic heterocycles. The van der Waals surface area contributed by atoms with Crippen LogP contribution in [0.3, 0.4) is 0 Å². The van der Waals surface area contributed by atoms with Gasteiger partial charge in [0.1, 0.15) is 0 Å². The van der Waals surface area contributed by atoms with Crippen molar-refractivity contribution in [2.24, 2.45) is 23.0 Å². The lowest BCUT2D eigenvalue weighted by atomic mass is 9.61. The summed E-state index contributed by atoms with van der Waals surface area (Å²) in [5, 5.41) is 2.14. The predicted molar refractivity (Wildman–Crippen MR) is 82.1 cm³/mol. The quantitative estimate of drug-likeness (QED) is 0.922. The molecule has 2 rings (SSSR count). The molecule has 1 aliphatic rings. The molecule has 1 heterocycles. The summed E-state index contributed by atoms with van der Waals surface area (Å²) in [6.45, 7) is 9.19. The Morgan fingerprint density at radius 2 is 2.21 bits per heavy atom. The van der Waals surface area contributed by atoms with Crippen LogP contribution in [0.1, 0.15) is 39.3 Å². The van der Waals surface area contributed by atoms with Crippen molar-refractivity contribution in [2.75, 3.05) is 13.6 Å². The third-order valence-electron chi connectivity index (χ3n) is 5.16. The van der Waals surface area contributed by atoms with Crippen molar-refractivity contribution in [1.29, 1.82) is 0 Å². The summed E-state index contributed by atoms with van der Waals surface area (Å²) in [6, 6.07) is 0.370.